The fourth-order valence-corrected chi connectivity index (χ4v) is 3.50. The average molecular weight is 583 g/mol. The van der Waals surface area contributed by atoms with Gasteiger partial charge in [0.05, 0.1) is 0 Å². The minimum atomic E-state index is -5.17. The molecule has 0 saturated heterocycles. The summed E-state index contributed by atoms with van der Waals surface area (Å²) >= 11 is 0. The predicted molar refractivity (Wildman–Crippen MR) is 146 cm³/mol. The molecule has 0 aliphatic rings. The lowest BCUT2D eigenvalue weighted by atomic mass is 10.1. The number of carboxylic acids is 2. The van der Waals surface area contributed by atoms with E-state index in [4.69, 9.17) is 27.7 Å². The molecule has 2 N–H and O–H groups in total. The van der Waals surface area contributed by atoms with E-state index in [2.05, 4.69) is 13.2 Å². The van der Waals surface area contributed by atoms with Crippen LogP contribution in [0.5, 0.6) is 0 Å². The predicted octanol–water partition coefficient (Wildman–Crippen LogP) is 1.77. The molecule has 2 heterocycles. The Morgan fingerprint density at radius 1 is 0.732 bits per heavy atom. The molecule has 0 atom stereocenters. The first kappa shape index (κ1) is 32.4. The summed E-state index contributed by atoms with van der Waals surface area (Å²) in [5.74, 6) is -1.68. The highest BCUT2D eigenvalue weighted by molar-refractivity contribution is 7.79. The van der Waals surface area contributed by atoms with Crippen LogP contribution in [0.25, 0.3) is 12.2 Å². The first-order valence-corrected chi connectivity index (χ1v) is 13.3. The average Bonchev–Trinajstić information content (AvgIpc) is 3.52. The second-order valence-electron chi connectivity index (χ2n) is 8.60. The maximum absolute atomic E-state index is 10.6. The fourth-order valence-electron chi connectivity index (χ4n) is 3.50. The van der Waals surface area contributed by atoms with E-state index in [9.17, 15) is 9.59 Å². The third-order valence-corrected chi connectivity index (χ3v) is 5.29. The van der Waals surface area contributed by atoms with Crippen molar-refractivity contribution in [1.29, 1.82) is 0 Å². The van der Waals surface area contributed by atoms with Crippen molar-refractivity contribution in [3.05, 3.63) is 121 Å². The Bertz CT molecular complexity index is 1450. The van der Waals surface area contributed by atoms with Gasteiger partial charge < -0.3 is 19.3 Å². The Balaban J connectivity index is 0.000000247. The number of carbonyl (C=O) groups is 2. The van der Waals surface area contributed by atoms with Crippen LogP contribution in [-0.4, -0.2) is 48.8 Å². The maximum atomic E-state index is 10.6. The van der Waals surface area contributed by atoms with E-state index in [1.807, 2.05) is 70.1 Å². The second kappa shape index (κ2) is 15.7. The molecule has 2 aromatic heterocycles. The molecular formula is C28H30N4O8S. The van der Waals surface area contributed by atoms with Gasteiger partial charge in [-0.1, -0.05) is 73.8 Å². The van der Waals surface area contributed by atoms with Crippen molar-refractivity contribution in [2.75, 3.05) is 0 Å². The number of benzene rings is 2. The van der Waals surface area contributed by atoms with Crippen LogP contribution in [0, 0.1) is 0 Å². The van der Waals surface area contributed by atoms with E-state index in [1.54, 1.807) is 46.3 Å². The van der Waals surface area contributed by atoms with Crippen molar-refractivity contribution in [3.63, 3.8) is 0 Å². The van der Waals surface area contributed by atoms with Crippen LogP contribution >= 0.6 is 0 Å². The molecule has 0 bridgehead atoms. The van der Waals surface area contributed by atoms with Crippen LogP contribution in [0.4, 0.5) is 0 Å². The van der Waals surface area contributed by atoms with Crippen LogP contribution in [-0.2, 0) is 46.2 Å². The normalized spacial score (nSPS) is 10.4. The smallest absolute Gasteiger partial charge is 0.346 e. The molecular weight excluding hydrogens is 552 g/mol. The summed E-state index contributed by atoms with van der Waals surface area (Å²) in [6.45, 7) is 8.85. The van der Waals surface area contributed by atoms with Gasteiger partial charge in [-0.25, -0.2) is 27.9 Å². The number of rotatable bonds is 10. The Morgan fingerprint density at radius 2 is 1.05 bits per heavy atom. The van der Waals surface area contributed by atoms with Gasteiger partial charge in [-0.3, -0.25) is 8.42 Å². The monoisotopic (exact) mass is 582 g/mol. The molecule has 0 aliphatic carbocycles. The highest BCUT2D eigenvalue weighted by Gasteiger charge is 2.09. The Labute approximate surface area is 237 Å². The van der Waals surface area contributed by atoms with E-state index in [0.29, 0.717) is 0 Å². The third-order valence-electron chi connectivity index (χ3n) is 5.29. The van der Waals surface area contributed by atoms with Gasteiger partial charge in [-0.05, 0) is 22.3 Å². The molecule has 0 fully saturated rings. The molecule has 4 aromatic rings. The van der Waals surface area contributed by atoms with Gasteiger partial charge in [0.1, 0.15) is 37.9 Å². The maximum Gasteiger partial charge on any atom is 0.346 e. The van der Waals surface area contributed by atoms with Crippen LogP contribution in [0.2, 0.25) is 0 Å². The molecule has 0 aliphatic heterocycles. The van der Waals surface area contributed by atoms with Crippen molar-refractivity contribution >= 4 is 34.5 Å². The lowest BCUT2D eigenvalue weighted by molar-refractivity contribution is -0.687. The lowest BCUT2D eigenvalue weighted by Gasteiger charge is -2.06. The Kier molecular flexibility index (Phi) is 12.4. The summed E-state index contributed by atoms with van der Waals surface area (Å²) in [4.78, 5) is 21.1. The standard InChI is InChI=1S/2C14H14N2O2.H2O4S/c2*1-2-12-3-5-13(6-4-12)9-15-7-8-16(11-15)10-14(17)18;1-5(2,3)4/h2*2-8,11H,1,9-10H2;(H2,1,2,3,4). The van der Waals surface area contributed by atoms with Crippen molar-refractivity contribution in [1.82, 2.24) is 9.13 Å². The summed E-state index contributed by atoms with van der Waals surface area (Å²) in [6.07, 6.45) is 14.4. The highest BCUT2D eigenvalue weighted by atomic mass is 32.3. The van der Waals surface area contributed by atoms with E-state index in [1.165, 1.54) is 11.1 Å². The lowest BCUT2D eigenvalue weighted by Crippen LogP contribution is -2.31. The minimum Gasteiger partial charge on any atom is -0.759 e. The van der Waals surface area contributed by atoms with E-state index in [-0.39, 0.29) is 13.1 Å². The minimum absolute atomic E-state index is 0.0115. The summed E-state index contributed by atoms with van der Waals surface area (Å²) in [7, 11) is -5.17. The highest BCUT2D eigenvalue weighted by Crippen LogP contribution is 2.06. The SMILES string of the molecule is C=Cc1ccc(C[n+]2ccn(CC(=O)O)c2)cc1.C=Cc1ccc(C[n+]2ccn(CC(=O)O)c2)cc1.O=S(=O)([O-])[O-]. The van der Waals surface area contributed by atoms with Gasteiger partial charge in [0.15, 0.2) is 13.1 Å². The molecule has 0 radical (unpaired) electrons. The Hall–Kier alpha value is -4.85. The summed E-state index contributed by atoms with van der Waals surface area (Å²) in [5, 5.41) is 17.4. The fraction of sp³-hybridized carbons (Fsp3) is 0.143. The number of hydrogen-bond acceptors (Lipinski definition) is 6. The number of hydrogen-bond donors (Lipinski definition) is 2. The van der Waals surface area contributed by atoms with Crippen LogP contribution in [0.3, 0.4) is 0 Å². The number of aromatic nitrogens is 4. The molecule has 216 valence electrons. The summed E-state index contributed by atoms with van der Waals surface area (Å²) in [6, 6.07) is 16.2. The van der Waals surface area contributed by atoms with Crippen molar-refractivity contribution in [3.8, 4) is 0 Å². The molecule has 0 unspecified atom stereocenters. The zero-order chi connectivity index (χ0) is 30.4. The van der Waals surface area contributed by atoms with Crippen LogP contribution < -0.4 is 9.13 Å². The van der Waals surface area contributed by atoms with E-state index in [0.717, 1.165) is 24.2 Å². The molecule has 2 aromatic carbocycles. The summed E-state index contributed by atoms with van der Waals surface area (Å²) < 4.78 is 41.3. The van der Waals surface area contributed by atoms with Crippen molar-refractivity contribution in [2.24, 2.45) is 0 Å². The van der Waals surface area contributed by atoms with E-state index < -0.39 is 22.3 Å². The molecule has 4 rings (SSSR count). The number of nitrogens with zero attached hydrogens (tertiary/aromatic N) is 4. The third kappa shape index (κ3) is 13.7. The van der Waals surface area contributed by atoms with Gasteiger partial charge in [-0.15, -0.1) is 0 Å². The summed E-state index contributed by atoms with van der Waals surface area (Å²) in [5.41, 5.74) is 4.51. The second-order valence-corrected chi connectivity index (χ2v) is 9.42. The molecule has 41 heavy (non-hydrogen) atoms. The topological polar surface area (TPSA) is 172 Å². The number of imidazole rings is 2. The van der Waals surface area contributed by atoms with Crippen molar-refractivity contribution < 1.29 is 46.5 Å². The van der Waals surface area contributed by atoms with Gasteiger partial charge in [0.25, 0.3) is 0 Å². The zero-order valence-corrected chi connectivity index (χ0v) is 22.8. The molecule has 13 heteroatoms. The van der Waals surface area contributed by atoms with Crippen molar-refractivity contribution in [2.45, 2.75) is 26.2 Å². The number of carboxylic acid groups (broad SMARTS) is 2. The molecule has 0 amide bonds. The van der Waals surface area contributed by atoms with Gasteiger partial charge in [0, 0.05) is 10.4 Å². The quantitative estimate of drug-likeness (QED) is 0.162. The van der Waals surface area contributed by atoms with Crippen LogP contribution in [0.1, 0.15) is 22.3 Å². The van der Waals surface area contributed by atoms with Gasteiger partial charge in [0.2, 0.25) is 12.7 Å². The zero-order valence-electron chi connectivity index (χ0n) is 22.0. The molecule has 0 saturated carbocycles. The first-order chi connectivity index (χ1) is 19.3. The first-order valence-electron chi connectivity index (χ1n) is 12.0. The number of aliphatic carboxylic acids is 2. The van der Waals surface area contributed by atoms with E-state index >= 15 is 0 Å². The van der Waals surface area contributed by atoms with Crippen LogP contribution in [0.15, 0.2) is 99.1 Å². The van der Waals surface area contributed by atoms with Gasteiger partial charge >= 0.3 is 11.9 Å². The largest absolute Gasteiger partial charge is 0.759 e. The molecule has 12 nitrogen and oxygen atoms in total. The van der Waals surface area contributed by atoms with Gasteiger partial charge in [-0.2, -0.15) is 0 Å². The Morgan fingerprint density at radius 3 is 1.32 bits per heavy atom. The molecule has 0 spiro atoms.